The van der Waals surface area contributed by atoms with Gasteiger partial charge in [-0.3, -0.25) is 14.5 Å². The molecule has 0 aliphatic carbocycles. The van der Waals surface area contributed by atoms with Crippen LogP contribution in [0.4, 0.5) is 5.69 Å². The SMILES string of the molecule is COc1ccccc1NC(=O)CC1SC(=S)N(C(C)C)C1=O. The van der Waals surface area contributed by atoms with Crippen LogP contribution in [0.1, 0.15) is 20.3 Å². The Morgan fingerprint density at radius 2 is 2.14 bits per heavy atom. The van der Waals surface area contributed by atoms with Crippen molar-refractivity contribution >= 4 is 45.8 Å². The Bertz CT molecular complexity index is 604. The zero-order valence-corrected chi connectivity index (χ0v) is 14.3. The van der Waals surface area contributed by atoms with Crippen LogP contribution >= 0.6 is 24.0 Å². The summed E-state index contributed by atoms with van der Waals surface area (Å²) < 4.78 is 5.72. The van der Waals surface area contributed by atoms with E-state index in [0.717, 1.165) is 0 Å². The fraction of sp³-hybridized carbons (Fsp3) is 0.400. The van der Waals surface area contributed by atoms with E-state index in [9.17, 15) is 9.59 Å². The molecule has 2 rings (SSSR count). The molecule has 1 aliphatic heterocycles. The minimum absolute atomic E-state index is 0.00905. The molecular formula is C15H18N2O3S2. The van der Waals surface area contributed by atoms with Crippen LogP contribution in [0.5, 0.6) is 5.75 Å². The van der Waals surface area contributed by atoms with E-state index in [4.69, 9.17) is 17.0 Å². The average Bonchev–Trinajstić information content (AvgIpc) is 2.73. The fourth-order valence-electron chi connectivity index (χ4n) is 2.19. The number of carbonyl (C=O) groups is 2. The number of para-hydroxylation sites is 2. The molecule has 0 saturated carbocycles. The summed E-state index contributed by atoms with van der Waals surface area (Å²) in [5, 5.41) is 2.32. The topological polar surface area (TPSA) is 58.6 Å². The molecule has 1 aromatic carbocycles. The lowest BCUT2D eigenvalue weighted by Gasteiger charge is -2.19. The number of thiocarbonyl (C=S) groups is 1. The lowest BCUT2D eigenvalue weighted by Crippen LogP contribution is -2.37. The maximum absolute atomic E-state index is 12.3. The van der Waals surface area contributed by atoms with Crippen LogP contribution in [0.2, 0.25) is 0 Å². The summed E-state index contributed by atoms with van der Waals surface area (Å²) in [6, 6.07) is 7.16. The van der Waals surface area contributed by atoms with Crippen LogP contribution < -0.4 is 10.1 Å². The van der Waals surface area contributed by atoms with E-state index < -0.39 is 5.25 Å². The summed E-state index contributed by atoms with van der Waals surface area (Å²) in [7, 11) is 1.54. The second kappa shape index (κ2) is 7.11. The van der Waals surface area contributed by atoms with Gasteiger partial charge in [0.25, 0.3) is 0 Å². The van der Waals surface area contributed by atoms with Crippen molar-refractivity contribution in [1.29, 1.82) is 0 Å². The molecule has 2 amide bonds. The zero-order chi connectivity index (χ0) is 16.3. The summed E-state index contributed by atoms with van der Waals surface area (Å²) in [5.74, 6) is 0.254. The van der Waals surface area contributed by atoms with Gasteiger partial charge < -0.3 is 10.1 Å². The van der Waals surface area contributed by atoms with E-state index in [-0.39, 0.29) is 24.3 Å². The molecule has 1 N–H and O–H groups in total. The van der Waals surface area contributed by atoms with E-state index in [1.54, 1.807) is 24.1 Å². The molecule has 7 heteroatoms. The summed E-state index contributed by atoms with van der Waals surface area (Å²) in [6.07, 6.45) is 0.0882. The minimum atomic E-state index is -0.454. The van der Waals surface area contributed by atoms with Crippen molar-refractivity contribution in [3.63, 3.8) is 0 Å². The largest absolute Gasteiger partial charge is 0.495 e. The van der Waals surface area contributed by atoms with Gasteiger partial charge in [0.05, 0.1) is 18.0 Å². The van der Waals surface area contributed by atoms with Crippen molar-refractivity contribution in [2.45, 2.75) is 31.6 Å². The second-order valence-corrected chi connectivity index (χ2v) is 6.96. The molecular weight excluding hydrogens is 320 g/mol. The Labute approximate surface area is 139 Å². The Hall–Kier alpha value is -1.60. The number of thioether (sulfide) groups is 1. The first-order valence-corrected chi connectivity index (χ1v) is 8.19. The smallest absolute Gasteiger partial charge is 0.242 e. The average molecular weight is 338 g/mol. The molecule has 0 radical (unpaired) electrons. The number of rotatable bonds is 5. The van der Waals surface area contributed by atoms with Crippen LogP contribution in [0, 0.1) is 0 Å². The molecule has 0 spiro atoms. The first-order valence-electron chi connectivity index (χ1n) is 6.90. The molecule has 1 saturated heterocycles. The number of nitrogens with one attached hydrogen (secondary N) is 1. The predicted molar refractivity (Wildman–Crippen MR) is 92.2 cm³/mol. The predicted octanol–water partition coefficient (Wildman–Crippen LogP) is 2.66. The van der Waals surface area contributed by atoms with Crippen molar-refractivity contribution in [2.24, 2.45) is 0 Å². The molecule has 1 aliphatic rings. The third-order valence-electron chi connectivity index (χ3n) is 3.22. The number of carbonyl (C=O) groups excluding carboxylic acids is 2. The summed E-state index contributed by atoms with van der Waals surface area (Å²) in [5.41, 5.74) is 0.591. The van der Waals surface area contributed by atoms with Gasteiger partial charge in [-0.25, -0.2) is 0 Å². The van der Waals surface area contributed by atoms with E-state index in [1.165, 1.54) is 11.8 Å². The third-order valence-corrected chi connectivity index (χ3v) is 4.76. The van der Waals surface area contributed by atoms with Gasteiger partial charge in [0.2, 0.25) is 11.8 Å². The van der Waals surface area contributed by atoms with E-state index in [1.807, 2.05) is 26.0 Å². The number of methoxy groups -OCH3 is 1. The lowest BCUT2D eigenvalue weighted by atomic mass is 10.2. The highest BCUT2D eigenvalue weighted by molar-refractivity contribution is 8.24. The number of hydrogen-bond donors (Lipinski definition) is 1. The Balaban J connectivity index is 2.01. The number of amides is 2. The van der Waals surface area contributed by atoms with E-state index >= 15 is 0 Å². The van der Waals surface area contributed by atoms with Gasteiger partial charge >= 0.3 is 0 Å². The molecule has 1 unspecified atom stereocenters. The standard InChI is InChI=1S/C15H18N2O3S2/c1-9(2)17-14(19)12(22-15(17)21)8-13(18)16-10-6-4-5-7-11(10)20-3/h4-7,9,12H,8H2,1-3H3,(H,16,18). The van der Waals surface area contributed by atoms with Crippen molar-refractivity contribution in [1.82, 2.24) is 4.90 Å². The van der Waals surface area contributed by atoms with Crippen LogP contribution in [0.3, 0.4) is 0 Å². The Kier molecular flexibility index (Phi) is 5.42. The van der Waals surface area contributed by atoms with Crippen LogP contribution in [-0.4, -0.2) is 39.4 Å². The molecule has 118 valence electrons. The molecule has 1 atom stereocenters. The minimum Gasteiger partial charge on any atom is -0.495 e. The molecule has 5 nitrogen and oxygen atoms in total. The van der Waals surface area contributed by atoms with Gasteiger partial charge in [0.1, 0.15) is 10.1 Å². The highest BCUT2D eigenvalue weighted by Gasteiger charge is 2.39. The number of hydrogen-bond acceptors (Lipinski definition) is 5. The number of benzene rings is 1. The van der Waals surface area contributed by atoms with Crippen molar-refractivity contribution in [3.8, 4) is 5.75 Å². The monoisotopic (exact) mass is 338 g/mol. The number of ether oxygens (including phenoxy) is 1. The Morgan fingerprint density at radius 1 is 1.45 bits per heavy atom. The quantitative estimate of drug-likeness (QED) is 0.837. The molecule has 0 bridgehead atoms. The number of anilines is 1. The first-order chi connectivity index (χ1) is 10.4. The van der Waals surface area contributed by atoms with Gasteiger partial charge in [0, 0.05) is 12.5 Å². The molecule has 1 heterocycles. The van der Waals surface area contributed by atoms with E-state index in [2.05, 4.69) is 5.32 Å². The van der Waals surface area contributed by atoms with Gasteiger partial charge in [-0.1, -0.05) is 36.1 Å². The van der Waals surface area contributed by atoms with Crippen LogP contribution in [0.25, 0.3) is 0 Å². The van der Waals surface area contributed by atoms with Crippen molar-refractivity contribution in [3.05, 3.63) is 24.3 Å². The van der Waals surface area contributed by atoms with Crippen LogP contribution in [-0.2, 0) is 9.59 Å². The highest BCUT2D eigenvalue weighted by Crippen LogP contribution is 2.31. The maximum Gasteiger partial charge on any atom is 0.242 e. The van der Waals surface area contributed by atoms with Gasteiger partial charge in [-0.15, -0.1) is 0 Å². The van der Waals surface area contributed by atoms with Gasteiger partial charge in [0.15, 0.2) is 0 Å². The normalized spacial score (nSPS) is 18.0. The first kappa shape index (κ1) is 16.8. The fourth-order valence-corrected chi connectivity index (χ4v) is 3.94. The number of nitrogens with zero attached hydrogens (tertiary/aromatic N) is 1. The zero-order valence-electron chi connectivity index (χ0n) is 12.7. The molecule has 1 aromatic rings. The molecule has 1 fully saturated rings. The maximum atomic E-state index is 12.3. The third kappa shape index (κ3) is 3.59. The highest BCUT2D eigenvalue weighted by atomic mass is 32.2. The van der Waals surface area contributed by atoms with Crippen LogP contribution in [0.15, 0.2) is 24.3 Å². The molecule has 22 heavy (non-hydrogen) atoms. The Morgan fingerprint density at radius 3 is 2.73 bits per heavy atom. The summed E-state index contributed by atoms with van der Waals surface area (Å²) in [6.45, 7) is 3.81. The molecule has 0 aromatic heterocycles. The summed E-state index contributed by atoms with van der Waals surface area (Å²) >= 11 is 6.48. The van der Waals surface area contributed by atoms with Gasteiger partial charge in [-0.05, 0) is 26.0 Å². The van der Waals surface area contributed by atoms with Crippen molar-refractivity contribution < 1.29 is 14.3 Å². The lowest BCUT2D eigenvalue weighted by molar-refractivity contribution is -0.129. The van der Waals surface area contributed by atoms with Crippen molar-refractivity contribution in [2.75, 3.05) is 12.4 Å². The van der Waals surface area contributed by atoms with E-state index in [0.29, 0.717) is 15.8 Å². The summed E-state index contributed by atoms with van der Waals surface area (Å²) in [4.78, 5) is 26.0. The second-order valence-electron chi connectivity index (χ2n) is 5.13. The van der Waals surface area contributed by atoms with Gasteiger partial charge in [-0.2, -0.15) is 0 Å².